The van der Waals surface area contributed by atoms with Gasteiger partial charge in [-0.3, -0.25) is 4.79 Å². The molecule has 1 aliphatic heterocycles. The first-order valence-electron chi connectivity index (χ1n) is 9.55. The average Bonchev–Trinajstić information content (AvgIpc) is 2.75. The SMILES string of the molecule is COC(=O)c1ccc(Cl)c(NC(=O)c2cccc(S(=O)(=O)N3CCCCC3C)c2)c1. The number of benzene rings is 2. The summed E-state index contributed by atoms with van der Waals surface area (Å²) in [6.45, 7) is 2.36. The van der Waals surface area contributed by atoms with Gasteiger partial charge in [-0.2, -0.15) is 4.31 Å². The number of methoxy groups -OCH3 is 1. The number of anilines is 1. The van der Waals surface area contributed by atoms with Crippen LogP contribution in [0.1, 0.15) is 46.9 Å². The largest absolute Gasteiger partial charge is 0.465 e. The Balaban J connectivity index is 1.86. The van der Waals surface area contributed by atoms with Crippen molar-refractivity contribution in [3.05, 3.63) is 58.6 Å². The normalized spacial score (nSPS) is 17.4. The molecule has 1 atom stereocenters. The summed E-state index contributed by atoms with van der Waals surface area (Å²) in [5.74, 6) is -1.10. The number of rotatable bonds is 5. The molecule has 3 rings (SSSR count). The van der Waals surface area contributed by atoms with Crippen LogP contribution in [0.5, 0.6) is 0 Å². The molecule has 1 saturated heterocycles. The Labute approximate surface area is 181 Å². The van der Waals surface area contributed by atoms with E-state index in [0.29, 0.717) is 6.54 Å². The van der Waals surface area contributed by atoms with Crippen LogP contribution in [-0.2, 0) is 14.8 Å². The van der Waals surface area contributed by atoms with E-state index in [1.165, 1.54) is 53.9 Å². The van der Waals surface area contributed by atoms with Crippen LogP contribution in [0.3, 0.4) is 0 Å². The van der Waals surface area contributed by atoms with E-state index in [2.05, 4.69) is 10.1 Å². The molecule has 0 spiro atoms. The van der Waals surface area contributed by atoms with E-state index in [4.69, 9.17) is 11.6 Å². The molecule has 1 aliphatic rings. The zero-order valence-corrected chi connectivity index (χ0v) is 18.3. The number of carbonyl (C=O) groups excluding carboxylic acids is 2. The van der Waals surface area contributed by atoms with Gasteiger partial charge in [-0.05, 0) is 56.2 Å². The number of halogens is 1. The summed E-state index contributed by atoms with van der Waals surface area (Å²) >= 11 is 6.13. The molecule has 2 aromatic rings. The topological polar surface area (TPSA) is 92.8 Å². The minimum absolute atomic E-state index is 0.0679. The van der Waals surface area contributed by atoms with Crippen LogP contribution in [-0.4, -0.2) is 44.3 Å². The third kappa shape index (κ3) is 4.66. The number of nitrogens with zero attached hydrogens (tertiary/aromatic N) is 1. The molecule has 30 heavy (non-hydrogen) atoms. The zero-order valence-electron chi connectivity index (χ0n) is 16.7. The van der Waals surface area contributed by atoms with Crippen molar-refractivity contribution in [2.45, 2.75) is 37.1 Å². The predicted octanol–water partition coefficient (Wildman–Crippen LogP) is 3.94. The molecule has 1 heterocycles. The molecule has 1 unspecified atom stereocenters. The lowest BCUT2D eigenvalue weighted by Gasteiger charge is -2.32. The first kappa shape index (κ1) is 22.3. The Morgan fingerprint density at radius 3 is 2.60 bits per heavy atom. The van der Waals surface area contributed by atoms with Crippen LogP contribution in [0.4, 0.5) is 5.69 Å². The molecule has 0 aromatic heterocycles. The monoisotopic (exact) mass is 450 g/mol. The van der Waals surface area contributed by atoms with Crippen molar-refractivity contribution in [3.8, 4) is 0 Å². The second-order valence-corrected chi connectivity index (χ2v) is 9.43. The summed E-state index contributed by atoms with van der Waals surface area (Å²) in [5.41, 5.74) is 0.621. The maximum atomic E-state index is 13.1. The minimum atomic E-state index is -3.70. The molecule has 1 fully saturated rings. The van der Waals surface area contributed by atoms with Gasteiger partial charge in [-0.1, -0.05) is 24.1 Å². The number of ether oxygens (including phenoxy) is 1. The van der Waals surface area contributed by atoms with Gasteiger partial charge < -0.3 is 10.1 Å². The lowest BCUT2D eigenvalue weighted by molar-refractivity contribution is 0.0600. The number of amides is 1. The Morgan fingerprint density at radius 2 is 1.90 bits per heavy atom. The van der Waals surface area contributed by atoms with E-state index in [9.17, 15) is 18.0 Å². The van der Waals surface area contributed by atoms with Crippen LogP contribution in [0.25, 0.3) is 0 Å². The molecule has 0 radical (unpaired) electrons. The van der Waals surface area contributed by atoms with Gasteiger partial charge in [0, 0.05) is 18.2 Å². The summed E-state index contributed by atoms with van der Waals surface area (Å²) in [5, 5.41) is 2.86. The van der Waals surface area contributed by atoms with Gasteiger partial charge in [-0.15, -0.1) is 0 Å². The molecule has 0 aliphatic carbocycles. The molecule has 160 valence electrons. The summed E-state index contributed by atoms with van der Waals surface area (Å²) in [4.78, 5) is 24.5. The second-order valence-electron chi connectivity index (χ2n) is 7.13. The smallest absolute Gasteiger partial charge is 0.337 e. The summed E-state index contributed by atoms with van der Waals surface area (Å²) < 4.78 is 32.3. The fraction of sp³-hybridized carbons (Fsp3) is 0.333. The molecular formula is C21H23ClN2O5S. The molecule has 7 nitrogen and oxygen atoms in total. The number of hydrogen-bond acceptors (Lipinski definition) is 5. The second kappa shape index (κ2) is 9.16. The van der Waals surface area contributed by atoms with Crippen molar-refractivity contribution in [2.24, 2.45) is 0 Å². The van der Waals surface area contributed by atoms with Crippen molar-refractivity contribution >= 4 is 39.2 Å². The zero-order chi connectivity index (χ0) is 21.9. The highest BCUT2D eigenvalue weighted by molar-refractivity contribution is 7.89. The van der Waals surface area contributed by atoms with Gasteiger partial charge in [-0.25, -0.2) is 13.2 Å². The van der Waals surface area contributed by atoms with Gasteiger partial charge in [0.25, 0.3) is 5.91 Å². The highest BCUT2D eigenvalue weighted by Crippen LogP contribution is 2.27. The molecule has 0 saturated carbocycles. The molecule has 9 heteroatoms. The number of esters is 1. The van der Waals surface area contributed by atoms with Gasteiger partial charge in [0.05, 0.1) is 28.3 Å². The van der Waals surface area contributed by atoms with E-state index in [-0.39, 0.29) is 32.8 Å². The maximum Gasteiger partial charge on any atom is 0.337 e. The van der Waals surface area contributed by atoms with E-state index >= 15 is 0 Å². The van der Waals surface area contributed by atoms with Crippen molar-refractivity contribution in [2.75, 3.05) is 19.0 Å². The molecule has 0 bridgehead atoms. The van der Waals surface area contributed by atoms with Crippen molar-refractivity contribution in [1.29, 1.82) is 0 Å². The predicted molar refractivity (Wildman–Crippen MR) is 114 cm³/mol. The Kier molecular flexibility index (Phi) is 6.80. The quantitative estimate of drug-likeness (QED) is 0.696. The first-order chi connectivity index (χ1) is 14.2. The van der Waals surface area contributed by atoms with Gasteiger partial charge in [0.2, 0.25) is 10.0 Å². The maximum absolute atomic E-state index is 13.1. The summed E-state index contributed by atoms with van der Waals surface area (Å²) in [6, 6.07) is 10.2. The van der Waals surface area contributed by atoms with E-state index in [0.717, 1.165) is 19.3 Å². The van der Waals surface area contributed by atoms with E-state index in [1.807, 2.05) is 6.92 Å². The van der Waals surface area contributed by atoms with Crippen LogP contribution in [0, 0.1) is 0 Å². The molecule has 1 N–H and O–H groups in total. The first-order valence-corrected chi connectivity index (χ1v) is 11.4. The Bertz CT molecular complexity index is 1070. The third-order valence-electron chi connectivity index (χ3n) is 5.08. The third-order valence-corrected chi connectivity index (χ3v) is 7.42. The standard InChI is InChI=1S/C21H23ClN2O5S/c1-14-6-3-4-11-24(14)30(27,28)17-8-5-7-15(12-17)20(25)23-19-13-16(21(26)29-2)9-10-18(19)22/h5,7-10,12-14H,3-4,6,11H2,1-2H3,(H,23,25). The van der Waals surface area contributed by atoms with Crippen LogP contribution >= 0.6 is 11.6 Å². The van der Waals surface area contributed by atoms with E-state index < -0.39 is 21.9 Å². The number of nitrogens with one attached hydrogen (secondary N) is 1. The molecule has 1 amide bonds. The van der Waals surface area contributed by atoms with Gasteiger partial charge in [0.15, 0.2) is 0 Å². The van der Waals surface area contributed by atoms with Gasteiger partial charge in [0.1, 0.15) is 0 Å². The Hall–Kier alpha value is -2.42. The van der Waals surface area contributed by atoms with Crippen LogP contribution in [0.2, 0.25) is 5.02 Å². The fourth-order valence-electron chi connectivity index (χ4n) is 3.42. The summed E-state index contributed by atoms with van der Waals surface area (Å²) in [7, 11) is -2.45. The number of sulfonamides is 1. The molecular weight excluding hydrogens is 428 g/mol. The van der Waals surface area contributed by atoms with Crippen molar-refractivity contribution in [1.82, 2.24) is 4.31 Å². The van der Waals surface area contributed by atoms with Crippen LogP contribution in [0.15, 0.2) is 47.4 Å². The van der Waals surface area contributed by atoms with Crippen molar-refractivity contribution < 1.29 is 22.7 Å². The number of piperidine rings is 1. The van der Waals surface area contributed by atoms with Gasteiger partial charge >= 0.3 is 5.97 Å². The average molecular weight is 451 g/mol. The highest BCUT2D eigenvalue weighted by atomic mass is 35.5. The fourth-order valence-corrected chi connectivity index (χ4v) is 5.33. The Morgan fingerprint density at radius 1 is 1.13 bits per heavy atom. The van der Waals surface area contributed by atoms with E-state index in [1.54, 1.807) is 0 Å². The molecule has 2 aromatic carbocycles. The minimum Gasteiger partial charge on any atom is -0.465 e. The van der Waals surface area contributed by atoms with Crippen molar-refractivity contribution in [3.63, 3.8) is 0 Å². The lowest BCUT2D eigenvalue weighted by atomic mass is 10.1. The highest BCUT2D eigenvalue weighted by Gasteiger charge is 2.31. The number of hydrogen-bond donors (Lipinski definition) is 1. The lowest BCUT2D eigenvalue weighted by Crippen LogP contribution is -2.41. The summed E-state index contributed by atoms with van der Waals surface area (Å²) in [6.07, 6.45) is 2.63. The van der Waals surface area contributed by atoms with Crippen LogP contribution < -0.4 is 5.32 Å². The number of carbonyl (C=O) groups is 2.